The fraction of sp³-hybridized carbons (Fsp3) is 0.256. The van der Waals surface area contributed by atoms with Gasteiger partial charge >= 0.3 is 0 Å². The lowest BCUT2D eigenvalue weighted by molar-refractivity contribution is 0.149. The number of fused-ring (bicyclic) bond motifs is 5. The summed E-state index contributed by atoms with van der Waals surface area (Å²) in [6, 6.07) is 29.8. The zero-order valence-electron chi connectivity index (χ0n) is 29.2. The van der Waals surface area contributed by atoms with Gasteiger partial charge in [-0.25, -0.2) is 26.0 Å². The molecule has 52 heavy (non-hydrogen) atoms. The molecule has 6 aromatic carbocycles. The molecule has 1 aliphatic carbocycles. The molecule has 0 saturated heterocycles. The third kappa shape index (κ3) is 6.31. The quantitative estimate of drug-likeness (QED) is 0.0796. The zero-order valence-corrected chi connectivity index (χ0v) is 30.9. The van der Waals surface area contributed by atoms with E-state index in [1.165, 1.54) is 0 Å². The Morgan fingerprint density at radius 2 is 1.33 bits per heavy atom. The first-order valence-corrected chi connectivity index (χ1v) is 20.2. The molecule has 1 atom stereocenters. The second-order valence-electron chi connectivity index (χ2n) is 13.9. The Kier molecular flexibility index (Phi) is 9.74. The SMILES string of the molecule is CC(C)c1c(CC(F)F)ccc2c(-c3cccc4c3Cc3ccccc3-4)c([S+](CC(F)F)C(C)C)c(S(=O)(=O)[O-])c(-c3cccc4ccccc34)c12. The van der Waals surface area contributed by atoms with Gasteiger partial charge in [0.05, 0.1) is 0 Å². The number of halogens is 4. The van der Waals surface area contributed by atoms with Crippen molar-refractivity contribution >= 4 is 42.6 Å². The van der Waals surface area contributed by atoms with E-state index in [1.807, 2.05) is 80.6 Å². The molecule has 0 heterocycles. The predicted molar refractivity (Wildman–Crippen MR) is 204 cm³/mol. The molecule has 0 radical (unpaired) electrons. The van der Waals surface area contributed by atoms with Gasteiger partial charge in [-0.1, -0.05) is 111 Å². The van der Waals surface area contributed by atoms with Crippen molar-refractivity contribution in [2.24, 2.45) is 0 Å². The fourth-order valence-electron chi connectivity index (χ4n) is 8.10. The predicted octanol–water partition coefficient (Wildman–Crippen LogP) is 11.4. The van der Waals surface area contributed by atoms with Crippen LogP contribution in [0, 0.1) is 0 Å². The van der Waals surface area contributed by atoms with Gasteiger partial charge in [0.15, 0.2) is 10.6 Å². The molecule has 0 aliphatic heterocycles. The largest absolute Gasteiger partial charge is 0.744 e. The first-order chi connectivity index (χ1) is 24.8. The van der Waals surface area contributed by atoms with Crippen LogP contribution in [0.5, 0.6) is 0 Å². The van der Waals surface area contributed by atoms with E-state index in [0.717, 1.165) is 27.6 Å². The lowest BCUT2D eigenvalue weighted by Crippen LogP contribution is -2.27. The summed E-state index contributed by atoms with van der Waals surface area (Å²) in [5.74, 6) is -1.02. The van der Waals surface area contributed by atoms with E-state index >= 15 is 0 Å². The second-order valence-corrected chi connectivity index (χ2v) is 17.8. The number of benzene rings is 6. The van der Waals surface area contributed by atoms with E-state index in [4.69, 9.17) is 0 Å². The monoisotopic (exact) mass is 742 g/mol. The molecule has 0 saturated carbocycles. The maximum Gasteiger partial charge on any atom is 0.282 e. The highest BCUT2D eigenvalue weighted by Gasteiger charge is 2.42. The van der Waals surface area contributed by atoms with Crippen LogP contribution in [0.3, 0.4) is 0 Å². The van der Waals surface area contributed by atoms with Crippen LogP contribution in [0.1, 0.15) is 55.9 Å². The van der Waals surface area contributed by atoms with Crippen molar-refractivity contribution in [1.82, 2.24) is 0 Å². The molecule has 0 bridgehead atoms. The number of alkyl halides is 4. The van der Waals surface area contributed by atoms with Gasteiger partial charge in [-0.3, -0.25) is 0 Å². The number of hydrogen-bond acceptors (Lipinski definition) is 3. The van der Waals surface area contributed by atoms with Gasteiger partial charge in [-0.05, 0) is 92.2 Å². The second kappa shape index (κ2) is 14.0. The topological polar surface area (TPSA) is 57.2 Å². The van der Waals surface area contributed by atoms with Crippen LogP contribution in [0.25, 0.3) is 54.9 Å². The smallest absolute Gasteiger partial charge is 0.282 e. The number of hydrogen-bond donors (Lipinski definition) is 0. The van der Waals surface area contributed by atoms with Gasteiger partial charge in [-0.15, -0.1) is 0 Å². The van der Waals surface area contributed by atoms with E-state index in [0.29, 0.717) is 50.4 Å². The Labute approximate surface area is 304 Å². The van der Waals surface area contributed by atoms with E-state index < -0.39 is 56.2 Å². The summed E-state index contributed by atoms with van der Waals surface area (Å²) in [5.41, 5.74) is 6.33. The number of rotatable bonds is 10. The standard InChI is InChI=1S/C43H38F4O3S2/c1-24(2)38-28(22-36(44)45)19-20-34-39(33-18-10-16-31-30-15-8-6-12-27(30)21-35(31)33)42(51(25(3)4)23-37(46)47)43(52(48,49)50)41(40(34)38)32-17-9-13-26-11-5-7-14-29(26)32/h5-20,24-25,36-37H,21-23H2,1-4H3. The molecule has 7 rings (SSSR count). The fourth-order valence-corrected chi connectivity index (χ4v) is 11.6. The Morgan fingerprint density at radius 3 is 2.02 bits per heavy atom. The summed E-state index contributed by atoms with van der Waals surface area (Å²) in [6.07, 6.45) is -5.54. The molecule has 268 valence electrons. The third-order valence-corrected chi connectivity index (χ3v) is 13.8. The third-order valence-electron chi connectivity index (χ3n) is 10.0. The first-order valence-electron chi connectivity index (χ1n) is 17.3. The normalized spacial score (nSPS) is 13.6. The van der Waals surface area contributed by atoms with Gasteiger partial charge in [0.25, 0.3) is 6.43 Å². The van der Waals surface area contributed by atoms with Crippen molar-refractivity contribution in [2.75, 3.05) is 5.75 Å². The summed E-state index contributed by atoms with van der Waals surface area (Å²) < 4.78 is 100. The van der Waals surface area contributed by atoms with Crippen LogP contribution in [0.2, 0.25) is 0 Å². The van der Waals surface area contributed by atoms with Crippen LogP contribution in [0.4, 0.5) is 17.6 Å². The highest BCUT2D eigenvalue weighted by Crippen LogP contribution is 2.53. The van der Waals surface area contributed by atoms with Crippen LogP contribution in [-0.2, 0) is 33.9 Å². The lowest BCUT2D eigenvalue weighted by Gasteiger charge is -2.29. The molecule has 0 aromatic heterocycles. The van der Waals surface area contributed by atoms with Crippen molar-refractivity contribution in [1.29, 1.82) is 0 Å². The summed E-state index contributed by atoms with van der Waals surface area (Å²) in [5, 5.41) is 1.89. The molecular formula is C43H38F4O3S2. The van der Waals surface area contributed by atoms with Crippen LogP contribution in [-0.4, -0.2) is 36.8 Å². The summed E-state index contributed by atoms with van der Waals surface area (Å²) in [4.78, 5) is -0.463. The highest BCUT2D eigenvalue weighted by atomic mass is 32.2. The maximum absolute atomic E-state index is 14.7. The molecule has 6 aromatic rings. The Hall–Kier alpha value is -4.18. The molecule has 1 aliphatic rings. The molecule has 1 unspecified atom stereocenters. The van der Waals surface area contributed by atoms with Gasteiger partial charge in [0.2, 0.25) is 6.43 Å². The Balaban J connectivity index is 1.80. The van der Waals surface area contributed by atoms with Gasteiger partial charge in [0, 0.05) is 28.4 Å². The van der Waals surface area contributed by atoms with Crippen molar-refractivity contribution in [3.63, 3.8) is 0 Å². The van der Waals surface area contributed by atoms with E-state index in [-0.39, 0.29) is 16.4 Å². The average molecular weight is 743 g/mol. The van der Waals surface area contributed by atoms with E-state index in [9.17, 15) is 30.5 Å². The average Bonchev–Trinajstić information content (AvgIpc) is 3.47. The molecular weight excluding hydrogens is 705 g/mol. The highest BCUT2D eigenvalue weighted by molar-refractivity contribution is 7.98. The molecule has 0 fully saturated rings. The molecule has 9 heteroatoms. The lowest BCUT2D eigenvalue weighted by atomic mass is 9.81. The van der Waals surface area contributed by atoms with Crippen molar-refractivity contribution < 1.29 is 30.5 Å². The maximum atomic E-state index is 14.7. The summed E-state index contributed by atoms with van der Waals surface area (Å²) in [7, 11) is -6.84. The van der Waals surface area contributed by atoms with Crippen molar-refractivity contribution in [2.45, 2.75) is 74.3 Å². The summed E-state index contributed by atoms with van der Waals surface area (Å²) >= 11 is 0. The van der Waals surface area contributed by atoms with Gasteiger partial charge < -0.3 is 4.55 Å². The van der Waals surface area contributed by atoms with Crippen LogP contribution >= 0.6 is 0 Å². The molecule has 3 nitrogen and oxygen atoms in total. The first kappa shape index (κ1) is 36.2. The minimum Gasteiger partial charge on any atom is -0.744 e. The van der Waals surface area contributed by atoms with E-state index in [2.05, 4.69) is 0 Å². The van der Waals surface area contributed by atoms with E-state index in [1.54, 1.807) is 44.2 Å². The summed E-state index contributed by atoms with van der Waals surface area (Å²) in [6.45, 7) is 7.27. The molecule has 0 spiro atoms. The minimum absolute atomic E-state index is 0.0846. The zero-order chi connectivity index (χ0) is 37.1. The Morgan fingerprint density at radius 1 is 0.692 bits per heavy atom. The molecule has 0 N–H and O–H groups in total. The van der Waals surface area contributed by atoms with Crippen molar-refractivity contribution in [3.8, 4) is 33.4 Å². The van der Waals surface area contributed by atoms with Crippen LogP contribution < -0.4 is 0 Å². The molecule has 0 amide bonds. The van der Waals surface area contributed by atoms with Crippen LogP contribution in [0.15, 0.2) is 107 Å². The van der Waals surface area contributed by atoms with Gasteiger partial charge in [0.1, 0.15) is 20.3 Å². The minimum atomic E-state index is -5.40. The van der Waals surface area contributed by atoms with Gasteiger partial charge in [-0.2, -0.15) is 0 Å². The Bertz CT molecular complexity index is 2450. The van der Waals surface area contributed by atoms with Crippen molar-refractivity contribution in [3.05, 3.63) is 119 Å².